The van der Waals surface area contributed by atoms with Gasteiger partial charge in [0, 0.05) is 31.9 Å². The van der Waals surface area contributed by atoms with Crippen LogP contribution in [0.1, 0.15) is 18.5 Å². The number of hydrogen-bond donors (Lipinski definition) is 1. The van der Waals surface area contributed by atoms with Gasteiger partial charge in [-0.2, -0.15) is 0 Å². The molecule has 0 amide bonds. The SMILES string of the molecule is CC(N)c1ccc(-c2ccnc(N(C)C)n2)cc1.Cl. The average molecular weight is 279 g/mol. The quantitative estimate of drug-likeness (QED) is 0.938. The zero-order valence-electron chi connectivity index (χ0n) is 11.4. The van der Waals surface area contributed by atoms with Gasteiger partial charge in [-0.3, -0.25) is 0 Å². The first-order valence-electron chi connectivity index (χ1n) is 5.94. The highest BCUT2D eigenvalue weighted by molar-refractivity contribution is 5.85. The third-order valence-corrected chi connectivity index (χ3v) is 2.78. The second kappa shape index (κ2) is 6.50. The Bertz CT molecular complexity index is 523. The minimum Gasteiger partial charge on any atom is -0.347 e. The number of aromatic nitrogens is 2. The van der Waals surface area contributed by atoms with Gasteiger partial charge in [0.15, 0.2) is 0 Å². The molecule has 0 aliphatic carbocycles. The molecule has 1 aromatic heterocycles. The number of nitrogens with zero attached hydrogens (tertiary/aromatic N) is 3. The number of halogens is 1. The molecule has 0 bridgehead atoms. The third-order valence-electron chi connectivity index (χ3n) is 2.78. The number of benzene rings is 1. The Balaban J connectivity index is 0.00000180. The molecule has 1 atom stereocenters. The smallest absolute Gasteiger partial charge is 0.225 e. The Labute approximate surface area is 120 Å². The molecule has 5 heteroatoms. The van der Waals surface area contributed by atoms with Gasteiger partial charge in [0.25, 0.3) is 0 Å². The highest BCUT2D eigenvalue weighted by Crippen LogP contribution is 2.20. The molecule has 0 aliphatic heterocycles. The highest BCUT2D eigenvalue weighted by Gasteiger charge is 2.04. The summed E-state index contributed by atoms with van der Waals surface area (Å²) in [5.41, 5.74) is 8.95. The van der Waals surface area contributed by atoms with Crippen LogP contribution in [0.5, 0.6) is 0 Å². The zero-order valence-corrected chi connectivity index (χ0v) is 12.2. The lowest BCUT2D eigenvalue weighted by Gasteiger charge is -2.11. The van der Waals surface area contributed by atoms with Crippen molar-refractivity contribution in [1.29, 1.82) is 0 Å². The number of rotatable bonds is 3. The Kier molecular flexibility index (Phi) is 5.27. The van der Waals surface area contributed by atoms with E-state index in [1.165, 1.54) is 0 Å². The van der Waals surface area contributed by atoms with Crippen LogP contribution in [0, 0.1) is 0 Å². The molecule has 0 fully saturated rings. The molecule has 0 saturated carbocycles. The van der Waals surface area contributed by atoms with E-state index in [0.29, 0.717) is 5.95 Å². The van der Waals surface area contributed by atoms with Crippen molar-refractivity contribution in [3.63, 3.8) is 0 Å². The third kappa shape index (κ3) is 3.66. The molecule has 4 nitrogen and oxygen atoms in total. The Hall–Kier alpha value is -1.65. The maximum atomic E-state index is 5.83. The summed E-state index contributed by atoms with van der Waals surface area (Å²) in [5.74, 6) is 0.712. The van der Waals surface area contributed by atoms with Crippen molar-refractivity contribution in [1.82, 2.24) is 9.97 Å². The summed E-state index contributed by atoms with van der Waals surface area (Å²) in [6.45, 7) is 1.98. The number of hydrogen-bond acceptors (Lipinski definition) is 4. The molecule has 1 heterocycles. The van der Waals surface area contributed by atoms with E-state index in [1.54, 1.807) is 6.20 Å². The molecule has 1 aromatic carbocycles. The van der Waals surface area contributed by atoms with Crippen molar-refractivity contribution in [3.05, 3.63) is 42.1 Å². The number of nitrogens with two attached hydrogens (primary N) is 1. The van der Waals surface area contributed by atoms with Gasteiger partial charge < -0.3 is 10.6 Å². The van der Waals surface area contributed by atoms with Gasteiger partial charge in [-0.05, 0) is 18.6 Å². The van der Waals surface area contributed by atoms with Crippen molar-refractivity contribution >= 4 is 18.4 Å². The van der Waals surface area contributed by atoms with Crippen molar-refractivity contribution < 1.29 is 0 Å². The molecule has 102 valence electrons. The van der Waals surface area contributed by atoms with Gasteiger partial charge in [-0.1, -0.05) is 24.3 Å². The summed E-state index contributed by atoms with van der Waals surface area (Å²) in [6, 6.07) is 10.1. The summed E-state index contributed by atoms with van der Waals surface area (Å²) >= 11 is 0. The number of anilines is 1. The Morgan fingerprint density at radius 2 is 1.74 bits per heavy atom. The fourth-order valence-electron chi connectivity index (χ4n) is 1.68. The van der Waals surface area contributed by atoms with E-state index in [-0.39, 0.29) is 18.4 Å². The molecule has 0 radical (unpaired) electrons. The van der Waals surface area contributed by atoms with E-state index in [4.69, 9.17) is 5.73 Å². The summed E-state index contributed by atoms with van der Waals surface area (Å²) in [6.07, 6.45) is 1.77. The summed E-state index contributed by atoms with van der Waals surface area (Å²) in [5, 5.41) is 0. The fraction of sp³-hybridized carbons (Fsp3) is 0.286. The van der Waals surface area contributed by atoms with Gasteiger partial charge in [0.1, 0.15) is 0 Å². The summed E-state index contributed by atoms with van der Waals surface area (Å²) < 4.78 is 0. The predicted molar refractivity (Wildman–Crippen MR) is 81.6 cm³/mol. The molecule has 19 heavy (non-hydrogen) atoms. The Morgan fingerprint density at radius 1 is 1.11 bits per heavy atom. The van der Waals surface area contributed by atoms with E-state index in [9.17, 15) is 0 Å². The van der Waals surface area contributed by atoms with Crippen LogP contribution < -0.4 is 10.6 Å². The molecular formula is C14H19ClN4. The van der Waals surface area contributed by atoms with Crippen molar-refractivity contribution in [3.8, 4) is 11.3 Å². The van der Waals surface area contributed by atoms with Gasteiger partial charge >= 0.3 is 0 Å². The molecule has 2 N–H and O–H groups in total. The molecule has 0 spiro atoms. The molecule has 1 unspecified atom stereocenters. The molecule has 0 saturated heterocycles. The van der Waals surface area contributed by atoms with Crippen LogP contribution in [-0.2, 0) is 0 Å². The predicted octanol–water partition coefficient (Wildman–Crippen LogP) is 2.65. The minimum absolute atomic E-state index is 0. The van der Waals surface area contributed by atoms with Crippen molar-refractivity contribution in [2.24, 2.45) is 5.73 Å². The van der Waals surface area contributed by atoms with Crippen LogP contribution in [0.4, 0.5) is 5.95 Å². The minimum atomic E-state index is 0. The standard InChI is InChI=1S/C14H18N4.ClH/c1-10(15)11-4-6-12(7-5-11)13-8-9-16-14(17-13)18(2)3;/h4-10H,15H2,1-3H3;1H. The summed E-state index contributed by atoms with van der Waals surface area (Å²) in [4.78, 5) is 10.6. The monoisotopic (exact) mass is 278 g/mol. The molecule has 0 aliphatic rings. The maximum absolute atomic E-state index is 5.83. The average Bonchev–Trinajstić information content (AvgIpc) is 2.39. The van der Waals surface area contributed by atoms with Crippen molar-refractivity contribution in [2.45, 2.75) is 13.0 Å². The van der Waals surface area contributed by atoms with Crippen LogP contribution in [0.3, 0.4) is 0 Å². The van der Waals surface area contributed by atoms with E-state index < -0.39 is 0 Å². The van der Waals surface area contributed by atoms with Gasteiger partial charge in [0.2, 0.25) is 5.95 Å². The van der Waals surface area contributed by atoms with E-state index in [0.717, 1.165) is 16.8 Å². The van der Waals surface area contributed by atoms with Crippen LogP contribution in [0.15, 0.2) is 36.5 Å². The maximum Gasteiger partial charge on any atom is 0.225 e. The largest absolute Gasteiger partial charge is 0.347 e. The van der Waals surface area contributed by atoms with Crippen LogP contribution in [0.2, 0.25) is 0 Å². The van der Waals surface area contributed by atoms with Crippen molar-refractivity contribution in [2.75, 3.05) is 19.0 Å². The van der Waals surface area contributed by atoms with Gasteiger partial charge in [-0.15, -0.1) is 12.4 Å². The van der Waals surface area contributed by atoms with E-state index >= 15 is 0 Å². The first kappa shape index (κ1) is 15.4. The fourth-order valence-corrected chi connectivity index (χ4v) is 1.68. The van der Waals surface area contributed by atoms with Crippen LogP contribution in [0.25, 0.3) is 11.3 Å². The molecule has 2 aromatic rings. The second-order valence-corrected chi connectivity index (χ2v) is 4.55. The lowest BCUT2D eigenvalue weighted by atomic mass is 10.1. The molecule has 2 rings (SSSR count). The van der Waals surface area contributed by atoms with Crippen LogP contribution in [-0.4, -0.2) is 24.1 Å². The summed E-state index contributed by atoms with van der Waals surface area (Å²) in [7, 11) is 3.86. The van der Waals surface area contributed by atoms with Gasteiger partial charge in [-0.25, -0.2) is 9.97 Å². The topological polar surface area (TPSA) is 55.0 Å². The highest BCUT2D eigenvalue weighted by atomic mass is 35.5. The second-order valence-electron chi connectivity index (χ2n) is 4.55. The van der Waals surface area contributed by atoms with E-state index in [2.05, 4.69) is 9.97 Å². The zero-order chi connectivity index (χ0) is 13.1. The lowest BCUT2D eigenvalue weighted by molar-refractivity contribution is 0.818. The van der Waals surface area contributed by atoms with E-state index in [1.807, 2.05) is 56.3 Å². The normalized spacial score (nSPS) is 11.6. The first-order valence-corrected chi connectivity index (χ1v) is 5.94. The first-order chi connectivity index (χ1) is 8.58. The van der Waals surface area contributed by atoms with Crippen LogP contribution >= 0.6 is 12.4 Å². The molecular weight excluding hydrogens is 260 g/mol. The lowest BCUT2D eigenvalue weighted by Crippen LogP contribution is -2.12. The Morgan fingerprint density at radius 3 is 2.26 bits per heavy atom. The van der Waals surface area contributed by atoms with Gasteiger partial charge in [0.05, 0.1) is 5.69 Å².